The molecule has 1 heterocycles. The maximum atomic E-state index is 11.5. The molecule has 0 aromatic heterocycles. The molecular weight excluding hydrogens is 312 g/mol. The van der Waals surface area contributed by atoms with Gasteiger partial charge in [0.15, 0.2) is 5.50 Å². The number of nitro benzene ring substituents is 1. The van der Waals surface area contributed by atoms with Crippen molar-refractivity contribution in [2.24, 2.45) is 5.10 Å². The van der Waals surface area contributed by atoms with Gasteiger partial charge in [-0.3, -0.25) is 25.1 Å². The topological polar surface area (TPSA) is 134 Å². The van der Waals surface area contributed by atoms with Crippen LogP contribution in [0.1, 0.15) is 12.0 Å². The van der Waals surface area contributed by atoms with E-state index in [1.54, 1.807) is 0 Å². The number of hydrogen-bond acceptors (Lipinski definition) is 7. The Bertz CT molecular complexity index is 618. The number of nitro groups is 1. The summed E-state index contributed by atoms with van der Waals surface area (Å²) in [6.45, 7) is 0. The lowest BCUT2D eigenvalue weighted by molar-refractivity contribution is -0.384. The van der Waals surface area contributed by atoms with Gasteiger partial charge in [-0.2, -0.15) is 5.10 Å². The molecule has 1 fully saturated rings. The van der Waals surface area contributed by atoms with Gasteiger partial charge in [0.05, 0.1) is 22.8 Å². The fourth-order valence-corrected chi connectivity index (χ4v) is 2.77. The summed E-state index contributed by atoms with van der Waals surface area (Å²) in [4.78, 5) is 32.1. The number of carboxylic acids is 1. The summed E-state index contributed by atoms with van der Waals surface area (Å²) in [6.07, 6.45) is 1.20. The van der Waals surface area contributed by atoms with Crippen LogP contribution in [0.3, 0.4) is 0 Å². The lowest BCUT2D eigenvalue weighted by Gasteiger charge is -2.07. The number of benzene rings is 1. The zero-order valence-corrected chi connectivity index (χ0v) is 11.9. The fourth-order valence-electron chi connectivity index (χ4n) is 1.71. The van der Waals surface area contributed by atoms with Crippen molar-refractivity contribution >= 4 is 35.5 Å². The monoisotopic (exact) mass is 324 g/mol. The van der Waals surface area contributed by atoms with E-state index in [1.165, 1.54) is 30.5 Å². The van der Waals surface area contributed by atoms with Crippen LogP contribution in [0.25, 0.3) is 0 Å². The van der Waals surface area contributed by atoms with E-state index in [0.29, 0.717) is 5.56 Å². The van der Waals surface area contributed by atoms with E-state index in [1.807, 2.05) is 0 Å². The quantitative estimate of drug-likeness (QED) is 0.394. The SMILES string of the molecule is O=C(O)C[C@H]1S[C@@H](N/N=C\c2ccc([N+](=O)[O-])cc2)NC1=O. The van der Waals surface area contributed by atoms with Crippen molar-refractivity contribution in [3.8, 4) is 0 Å². The number of hydrazone groups is 1. The Balaban J connectivity index is 1.86. The highest BCUT2D eigenvalue weighted by Gasteiger charge is 2.33. The number of carbonyl (C=O) groups excluding carboxylic acids is 1. The van der Waals surface area contributed by atoms with Crippen molar-refractivity contribution in [2.75, 3.05) is 0 Å². The van der Waals surface area contributed by atoms with Gasteiger partial charge in [-0.1, -0.05) is 0 Å². The molecule has 1 aromatic carbocycles. The van der Waals surface area contributed by atoms with Crippen molar-refractivity contribution in [2.45, 2.75) is 17.2 Å². The molecule has 1 aromatic rings. The van der Waals surface area contributed by atoms with Crippen molar-refractivity contribution in [3.05, 3.63) is 39.9 Å². The van der Waals surface area contributed by atoms with Crippen LogP contribution >= 0.6 is 11.8 Å². The lowest BCUT2D eigenvalue weighted by atomic mass is 10.2. The van der Waals surface area contributed by atoms with Crippen LogP contribution < -0.4 is 10.7 Å². The Kier molecular flexibility index (Phi) is 4.94. The maximum absolute atomic E-state index is 11.5. The molecule has 0 aliphatic carbocycles. The second-order valence-corrected chi connectivity index (χ2v) is 5.66. The molecule has 1 amide bonds. The van der Waals surface area contributed by atoms with Crippen molar-refractivity contribution < 1.29 is 19.6 Å². The number of carbonyl (C=O) groups is 2. The number of hydrogen-bond donors (Lipinski definition) is 3. The first-order valence-electron chi connectivity index (χ1n) is 6.16. The molecule has 0 saturated carbocycles. The first-order valence-corrected chi connectivity index (χ1v) is 7.10. The molecule has 3 N–H and O–H groups in total. The summed E-state index contributed by atoms with van der Waals surface area (Å²) in [7, 11) is 0. The van der Waals surface area contributed by atoms with Crippen molar-refractivity contribution in [1.29, 1.82) is 0 Å². The molecule has 22 heavy (non-hydrogen) atoms. The minimum Gasteiger partial charge on any atom is -0.481 e. The van der Waals surface area contributed by atoms with Gasteiger partial charge >= 0.3 is 5.97 Å². The van der Waals surface area contributed by atoms with Gasteiger partial charge in [0.2, 0.25) is 5.91 Å². The first kappa shape index (κ1) is 15.8. The average Bonchev–Trinajstić information content (AvgIpc) is 2.79. The van der Waals surface area contributed by atoms with E-state index in [4.69, 9.17) is 5.11 Å². The Labute approximate surface area is 128 Å². The van der Waals surface area contributed by atoms with E-state index in [0.717, 1.165) is 11.8 Å². The van der Waals surface area contributed by atoms with Gasteiger partial charge < -0.3 is 10.4 Å². The van der Waals surface area contributed by atoms with E-state index < -0.39 is 21.6 Å². The Hall–Kier alpha value is -2.62. The minimum atomic E-state index is -1.04. The van der Waals surface area contributed by atoms with E-state index in [9.17, 15) is 19.7 Å². The Morgan fingerprint density at radius 3 is 2.77 bits per heavy atom. The number of nitrogens with zero attached hydrogens (tertiary/aromatic N) is 2. The number of thioether (sulfide) groups is 1. The largest absolute Gasteiger partial charge is 0.481 e. The highest BCUT2D eigenvalue weighted by Crippen LogP contribution is 2.24. The number of non-ortho nitro benzene ring substituents is 1. The Morgan fingerprint density at radius 1 is 1.50 bits per heavy atom. The van der Waals surface area contributed by atoms with E-state index in [-0.39, 0.29) is 18.0 Å². The van der Waals surface area contributed by atoms with Crippen molar-refractivity contribution in [3.63, 3.8) is 0 Å². The predicted octanol–water partition coefficient (Wildman–Crippen LogP) is 0.508. The summed E-state index contributed by atoms with van der Waals surface area (Å²) in [5.74, 6) is -1.39. The number of carboxylic acid groups (broad SMARTS) is 1. The smallest absolute Gasteiger partial charge is 0.305 e. The van der Waals surface area contributed by atoms with Gasteiger partial charge in [-0.15, -0.1) is 11.8 Å². The van der Waals surface area contributed by atoms with Crippen LogP contribution in [-0.4, -0.2) is 38.9 Å². The molecule has 1 aliphatic heterocycles. The summed E-state index contributed by atoms with van der Waals surface area (Å²) < 4.78 is 0. The predicted molar refractivity (Wildman–Crippen MR) is 79.4 cm³/mol. The molecule has 0 spiro atoms. The zero-order chi connectivity index (χ0) is 16.1. The third-order valence-corrected chi connectivity index (χ3v) is 3.94. The summed E-state index contributed by atoms with van der Waals surface area (Å²) in [5.41, 5.74) is 2.80. The number of aliphatic carboxylic acids is 1. The Morgan fingerprint density at radius 2 is 2.18 bits per heavy atom. The molecule has 2 rings (SSSR count). The van der Waals surface area contributed by atoms with Gasteiger partial charge in [0.1, 0.15) is 0 Å². The standard InChI is InChI=1S/C12H12N4O5S/c17-10(18)5-9-11(19)14-12(22-9)15-13-6-7-1-3-8(4-2-7)16(20)21/h1-4,6,9,12,15H,5H2,(H,14,19)(H,17,18)/b13-6-/t9-,12-/m1/s1. The van der Waals surface area contributed by atoms with E-state index in [2.05, 4.69) is 15.8 Å². The molecule has 0 bridgehead atoms. The zero-order valence-electron chi connectivity index (χ0n) is 11.1. The van der Waals surface area contributed by atoms with Crippen LogP contribution in [0.5, 0.6) is 0 Å². The van der Waals surface area contributed by atoms with Gasteiger partial charge in [-0.05, 0) is 17.7 Å². The summed E-state index contributed by atoms with van der Waals surface area (Å²) in [6, 6.07) is 5.79. The first-order chi connectivity index (χ1) is 10.5. The van der Waals surface area contributed by atoms with Crippen LogP contribution in [0, 0.1) is 10.1 Å². The molecular formula is C12H12N4O5S. The second-order valence-electron chi connectivity index (χ2n) is 4.35. The van der Waals surface area contributed by atoms with Gasteiger partial charge in [0.25, 0.3) is 5.69 Å². The number of nitrogens with one attached hydrogen (secondary N) is 2. The second kappa shape index (κ2) is 6.89. The molecule has 116 valence electrons. The highest BCUT2D eigenvalue weighted by atomic mass is 32.2. The third kappa shape index (κ3) is 4.19. The summed E-state index contributed by atoms with van der Waals surface area (Å²) in [5, 5.41) is 25.0. The lowest BCUT2D eigenvalue weighted by Crippen LogP contribution is -2.35. The fraction of sp³-hybridized carbons (Fsp3) is 0.250. The van der Waals surface area contributed by atoms with Crippen LogP contribution in [-0.2, 0) is 9.59 Å². The van der Waals surface area contributed by atoms with Crippen LogP contribution in [0.2, 0.25) is 0 Å². The molecule has 1 aliphatic rings. The molecule has 9 nitrogen and oxygen atoms in total. The summed E-state index contributed by atoms with van der Waals surface area (Å²) >= 11 is 1.13. The van der Waals surface area contributed by atoms with Gasteiger partial charge in [0, 0.05) is 12.1 Å². The third-order valence-electron chi connectivity index (χ3n) is 2.74. The average molecular weight is 324 g/mol. The molecule has 0 unspecified atom stereocenters. The maximum Gasteiger partial charge on any atom is 0.305 e. The van der Waals surface area contributed by atoms with E-state index >= 15 is 0 Å². The van der Waals surface area contributed by atoms with Crippen molar-refractivity contribution in [1.82, 2.24) is 10.7 Å². The minimum absolute atomic E-state index is 0.0137. The molecule has 10 heteroatoms. The highest BCUT2D eigenvalue weighted by molar-refractivity contribution is 8.01. The van der Waals surface area contributed by atoms with Gasteiger partial charge in [-0.25, -0.2) is 0 Å². The normalized spacial score (nSPS) is 20.8. The number of rotatable bonds is 6. The molecule has 2 atom stereocenters. The van der Waals surface area contributed by atoms with Crippen LogP contribution in [0.15, 0.2) is 29.4 Å². The molecule has 1 saturated heterocycles. The van der Waals surface area contributed by atoms with Crippen LogP contribution in [0.4, 0.5) is 5.69 Å². The molecule has 0 radical (unpaired) electrons. The number of amides is 1.